The molecule has 4 aromatic rings. The molecule has 9 heteroatoms. The second-order valence-corrected chi connectivity index (χ2v) is 8.11. The zero-order valence-electron chi connectivity index (χ0n) is 15.9. The summed E-state index contributed by atoms with van der Waals surface area (Å²) in [5.74, 6) is -0.0472. The van der Waals surface area contributed by atoms with Crippen LogP contribution in [0.3, 0.4) is 0 Å². The van der Waals surface area contributed by atoms with Gasteiger partial charge in [0, 0.05) is 10.9 Å². The molecular weight excluding hydrogens is 404 g/mol. The summed E-state index contributed by atoms with van der Waals surface area (Å²) in [6.07, 6.45) is 1.65. The minimum Gasteiger partial charge on any atom is -0.495 e. The number of para-hydroxylation sites is 3. The number of anilines is 2. The van der Waals surface area contributed by atoms with E-state index in [-0.39, 0.29) is 10.5 Å². The van der Waals surface area contributed by atoms with Crippen LogP contribution in [0, 0.1) is 0 Å². The van der Waals surface area contributed by atoms with Crippen LogP contribution < -0.4 is 14.8 Å². The van der Waals surface area contributed by atoms with E-state index in [1.165, 1.54) is 25.3 Å². The average molecular weight is 422 g/mol. The number of aromatic nitrogens is 2. The fourth-order valence-electron chi connectivity index (χ4n) is 3.00. The van der Waals surface area contributed by atoms with Crippen molar-refractivity contribution in [3.8, 4) is 5.75 Å². The number of amides is 1. The zero-order chi connectivity index (χ0) is 21.1. The van der Waals surface area contributed by atoms with Crippen molar-refractivity contribution in [1.29, 1.82) is 0 Å². The molecule has 0 aliphatic heterocycles. The molecular formula is C21H18N4O4S. The molecule has 0 fully saturated rings. The van der Waals surface area contributed by atoms with Gasteiger partial charge in [0.15, 0.2) is 0 Å². The van der Waals surface area contributed by atoms with Crippen molar-refractivity contribution in [3.63, 3.8) is 0 Å². The van der Waals surface area contributed by atoms with Gasteiger partial charge < -0.3 is 10.1 Å². The Labute approximate surface area is 172 Å². The lowest BCUT2D eigenvalue weighted by Crippen LogP contribution is -2.16. The number of hydrogen-bond acceptors (Lipinski definition) is 5. The summed E-state index contributed by atoms with van der Waals surface area (Å²) in [6, 6.07) is 17.9. The second-order valence-electron chi connectivity index (χ2n) is 6.43. The molecule has 3 aromatic carbocycles. The van der Waals surface area contributed by atoms with Gasteiger partial charge in [0.25, 0.3) is 15.9 Å². The van der Waals surface area contributed by atoms with E-state index >= 15 is 0 Å². The van der Waals surface area contributed by atoms with Crippen molar-refractivity contribution < 1.29 is 17.9 Å². The van der Waals surface area contributed by atoms with Gasteiger partial charge in [0.1, 0.15) is 5.75 Å². The molecule has 0 saturated carbocycles. The number of ether oxygens (including phenoxy) is 1. The molecule has 0 radical (unpaired) electrons. The van der Waals surface area contributed by atoms with Crippen molar-refractivity contribution >= 4 is 38.2 Å². The van der Waals surface area contributed by atoms with E-state index in [2.05, 4.69) is 20.2 Å². The summed E-state index contributed by atoms with van der Waals surface area (Å²) in [6.45, 7) is 0. The third-order valence-corrected chi connectivity index (χ3v) is 5.85. The summed E-state index contributed by atoms with van der Waals surface area (Å²) in [5.41, 5.74) is 1.75. The molecule has 0 atom stereocenters. The van der Waals surface area contributed by atoms with Crippen LogP contribution in [0.25, 0.3) is 10.9 Å². The van der Waals surface area contributed by atoms with E-state index < -0.39 is 15.9 Å². The number of carbonyl (C=O) groups is 1. The smallest absolute Gasteiger partial charge is 0.262 e. The van der Waals surface area contributed by atoms with Crippen molar-refractivity contribution in [1.82, 2.24) is 10.2 Å². The number of sulfonamides is 1. The molecule has 0 aliphatic rings. The summed E-state index contributed by atoms with van der Waals surface area (Å²) in [7, 11) is -2.47. The van der Waals surface area contributed by atoms with E-state index in [9.17, 15) is 13.2 Å². The van der Waals surface area contributed by atoms with Gasteiger partial charge in [-0.25, -0.2) is 8.42 Å². The largest absolute Gasteiger partial charge is 0.495 e. The lowest BCUT2D eigenvalue weighted by Gasteiger charge is -2.12. The summed E-state index contributed by atoms with van der Waals surface area (Å²) in [4.78, 5) is 12.7. The number of aromatic amines is 1. The van der Waals surface area contributed by atoms with Gasteiger partial charge in [-0.2, -0.15) is 5.10 Å². The lowest BCUT2D eigenvalue weighted by atomic mass is 10.2. The monoisotopic (exact) mass is 422 g/mol. The molecule has 1 amide bonds. The minimum atomic E-state index is -3.93. The highest BCUT2D eigenvalue weighted by Gasteiger charge is 2.18. The minimum absolute atomic E-state index is 0.0409. The van der Waals surface area contributed by atoms with Gasteiger partial charge in [-0.1, -0.05) is 30.3 Å². The first kappa shape index (κ1) is 19.5. The number of rotatable bonds is 6. The Morgan fingerprint density at radius 2 is 1.77 bits per heavy atom. The van der Waals surface area contributed by atoms with E-state index in [1.54, 1.807) is 48.7 Å². The topological polar surface area (TPSA) is 113 Å². The number of methoxy groups -OCH3 is 1. The Bertz CT molecular complexity index is 1330. The van der Waals surface area contributed by atoms with Gasteiger partial charge in [-0.15, -0.1) is 0 Å². The quantitative estimate of drug-likeness (QED) is 0.439. The number of carbonyl (C=O) groups excluding carboxylic acids is 1. The Hall–Kier alpha value is -3.85. The first-order valence-corrected chi connectivity index (χ1v) is 10.5. The highest BCUT2D eigenvalue weighted by Crippen LogP contribution is 2.27. The van der Waals surface area contributed by atoms with Gasteiger partial charge in [0.05, 0.1) is 35.1 Å². The van der Waals surface area contributed by atoms with Crippen LogP contribution in [0.2, 0.25) is 0 Å². The summed E-state index contributed by atoms with van der Waals surface area (Å²) in [5, 5.41) is 10.4. The maximum Gasteiger partial charge on any atom is 0.262 e. The first-order valence-electron chi connectivity index (χ1n) is 8.97. The van der Waals surface area contributed by atoms with Crippen molar-refractivity contribution in [3.05, 3.63) is 78.5 Å². The van der Waals surface area contributed by atoms with Crippen LogP contribution in [0.1, 0.15) is 10.4 Å². The van der Waals surface area contributed by atoms with Crippen molar-refractivity contribution in [2.75, 3.05) is 17.1 Å². The Morgan fingerprint density at radius 3 is 2.60 bits per heavy atom. The standard InChI is InChI=1S/C21H18N4O4S/c1-29-19-11-3-2-9-17(19)25-30(27,28)16-8-4-6-14(12-16)21(26)23-18-10-5-7-15-13-22-24-20(15)18/h2-13,25H,1H3,(H,22,24)(H,23,26). The Balaban J connectivity index is 1.60. The van der Waals surface area contributed by atoms with Gasteiger partial charge in [-0.05, 0) is 36.4 Å². The van der Waals surface area contributed by atoms with Crippen LogP contribution in [0.5, 0.6) is 5.75 Å². The predicted octanol–water partition coefficient (Wildman–Crippen LogP) is 3.62. The highest BCUT2D eigenvalue weighted by molar-refractivity contribution is 7.92. The molecule has 4 rings (SSSR count). The lowest BCUT2D eigenvalue weighted by molar-refractivity contribution is 0.102. The summed E-state index contributed by atoms with van der Waals surface area (Å²) < 4.78 is 33.3. The SMILES string of the molecule is COc1ccccc1NS(=O)(=O)c1cccc(C(=O)Nc2cccc3cn[nH]c23)c1. The third kappa shape index (κ3) is 3.83. The first-order chi connectivity index (χ1) is 14.5. The average Bonchev–Trinajstić information content (AvgIpc) is 3.24. The predicted molar refractivity (Wildman–Crippen MR) is 114 cm³/mol. The molecule has 0 unspecified atom stereocenters. The molecule has 1 aromatic heterocycles. The normalized spacial score (nSPS) is 11.2. The van der Waals surface area contributed by atoms with E-state index in [4.69, 9.17) is 4.74 Å². The molecule has 0 spiro atoms. The van der Waals surface area contributed by atoms with Crippen LogP contribution >= 0.6 is 0 Å². The molecule has 30 heavy (non-hydrogen) atoms. The number of fused-ring (bicyclic) bond motifs is 1. The molecule has 8 nitrogen and oxygen atoms in total. The number of nitrogens with zero attached hydrogens (tertiary/aromatic N) is 1. The van der Waals surface area contributed by atoms with E-state index in [1.807, 2.05) is 6.07 Å². The van der Waals surface area contributed by atoms with Crippen molar-refractivity contribution in [2.24, 2.45) is 0 Å². The highest BCUT2D eigenvalue weighted by atomic mass is 32.2. The second kappa shape index (κ2) is 7.88. The summed E-state index contributed by atoms with van der Waals surface area (Å²) >= 11 is 0. The number of nitrogens with one attached hydrogen (secondary N) is 3. The van der Waals surface area contributed by atoms with Crippen molar-refractivity contribution in [2.45, 2.75) is 4.90 Å². The Morgan fingerprint density at radius 1 is 1.00 bits per heavy atom. The molecule has 1 heterocycles. The van der Waals surface area contributed by atoms with Gasteiger partial charge in [-0.3, -0.25) is 14.6 Å². The maximum atomic E-state index is 12.8. The van der Waals surface area contributed by atoms with Gasteiger partial charge in [0.2, 0.25) is 0 Å². The number of H-pyrrole nitrogens is 1. The number of hydrogen-bond donors (Lipinski definition) is 3. The molecule has 3 N–H and O–H groups in total. The van der Waals surface area contributed by atoms with Crippen LogP contribution in [0.4, 0.5) is 11.4 Å². The van der Waals surface area contributed by atoms with E-state index in [0.717, 1.165) is 5.39 Å². The fourth-order valence-corrected chi connectivity index (χ4v) is 4.12. The fraction of sp³-hybridized carbons (Fsp3) is 0.0476. The zero-order valence-corrected chi connectivity index (χ0v) is 16.7. The van der Waals surface area contributed by atoms with Gasteiger partial charge >= 0.3 is 0 Å². The molecule has 152 valence electrons. The van der Waals surface area contributed by atoms with Crippen LogP contribution in [-0.4, -0.2) is 31.6 Å². The number of benzene rings is 3. The third-order valence-electron chi connectivity index (χ3n) is 4.48. The maximum absolute atomic E-state index is 12.8. The van der Waals surface area contributed by atoms with E-state index in [0.29, 0.717) is 22.6 Å². The molecule has 0 bridgehead atoms. The molecule has 0 saturated heterocycles. The van der Waals surface area contributed by atoms with Crippen LogP contribution in [-0.2, 0) is 10.0 Å². The molecule has 0 aliphatic carbocycles. The Kier molecular flexibility index (Phi) is 5.11. The van der Waals surface area contributed by atoms with Crippen LogP contribution in [0.15, 0.2) is 77.8 Å².